The number of nitrogens with zero attached hydrogens (tertiary/aromatic N) is 2. The Kier molecular flexibility index (Phi) is 6.05. The average molecular weight is 367 g/mol. The molecule has 1 heterocycles. The molecule has 0 spiro atoms. The summed E-state index contributed by atoms with van der Waals surface area (Å²) in [6.45, 7) is 6.90. The summed E-state index contributed by atoms with van der Waals surface area (Å²) in [6, 6.07) is 7.03. The van der Waals surface area contributed by atoms with Crippen molar-refractivity contribution in [2.75, 3.05) is 36.7 Å². The lowest BCUT2D eigenvalue weighted by Crippen LogP contribution is -2.51. The third-order valence-electron chi connectivity index (χ3n) is 4.25. The van der Waals surface area contributed by atoms with Gasteiger partial charge < -0.3 is 9.80 Å². The minimum absolute atomic E-state index is 0.00924. The molecule has 0 bridgehead atoms. The van der Waals surface area contributed by atoms with E-state index in [1.54, 1.807) is 28.9 Å². The Morgan fingerprint density at radius 2 is 1.60 bits per heavy atom. The molecule has 1 fully saturated rings. The second kappa shape index (κ2) is 7.86. The number of rotatable bonds is 5. The number of anilines is 1. The lowest BCUT2D eigenvalue weighted by molar-refractivity contribution is -0.140. The van der Waals surface area contributed by atoms with Crippen LogP contribution in [0.4, 0.5) is 5.69 Å². The highest BCUT2D eigenvalue weighted by Crippen LogP contribution is 2.14. The van der Waals surface area contributed by atoms with Crippen molar-refractivity contribution in [1.82, 2.24) is 9.80 Å². The second-order valence-electron chi connectivity index (χ2n) is 6.48. The van der Waals surface area contributed by atoms with Gasteiger partial charge in [-0.3, -0.25) is 14.3 Å². The zero-order chi connectivity index (χ0) is 18.6. The minimum Gasteiger partial charge on any atom is -0.339 e. The van der Waals surface area contributed by atoms with Crippen LogP contribution in [-0.2, 0) is 19.6 Å². The van der Waals surface area contributed by atoms with Gasteiger partial charge >= 0.3 is 0 Å². The number of aryl methyl sites for hydroxylation is 1. The van der Waals surface area contributed by atoms with E-state index >= 15 is 0 Å². The molecule has 1 saturated heterocycles. The summed E-state index contributed by atoms with van der Waals surface area (Å²) in [5.74, 6) is -1.12. The first-order chi connectivity index (χ1) is 11.7. The lowest BCUT2D eigenvalue weighted by Gasteiger charge is -2.35. The van der Waals surface area contributed by atoms with E-state index in [2.05, 4.69) is 4.72 Å². The molecule has 2 amide bonds. The quantitative estimate of drug-likeness (QED) is 0.843. The van der Waals surface area contributed by atoms with Crippen LogP contribution in [0.2, 0.25) is 0 Å². The maximum atomic E-state index is 12.5. The number of nitrogens with one attached hydrogen (secondary N) is 1. The normalized spacial score (nSPS) is 16.4. The van der Waals surface area contributed by atoms with E-state index in [0.29, 0.717) is 31.9 Å². The molecule has 8 heteroatoms. The summed E-state index contributed by atoms with van der Waals surface area (Å²) < 4.78 is 27.1. The molecule has 138 valence electrons. The first-order valence-electron chi connectivity index (χ1n) is 8.29. The minimum atomic E-state index is -3.62. The van der Waals surface area contributed by atoms with E-state index in [9.17, 15) is 18.0 Å². The molecule has 0 aromatic heterocycles. The molecule has 1 aliphatic heterocycles. The van der Waals surface area contributed by atoms with Gasteiger partial charge in [0.1, 0.15) is 0 Å². The van der Waals surface area contributed by atoms with Crippen LogP contribution >= 0.6 is 0 Å². The summed E-state index contributed by atoms with van der Waals surface area (Å²) in [4.78, 5) is 27.1. The fourth-order valence-corrected chi connectivity index (χ4v) is 4.18. The molecular weight excluding hydrogens is 342 g/mol. The smallest absolute Gasteiger partial charge is 0.233 e. The summed E-state index contributed by atoms with van der Waals surface area (Å²) in [7, 11) is -3.62. The maximum absolute atomic E-state index is 12.5. The van der Waals surface area contributed by atoms with Gasteiger partial charge in [-0.2, -0.15) is 0 Å². The number of amides is 2. The van der Waals surface area contributed by atoms with Crippen molar-refractivity contribution in [2.24, 2.45) is 5.92 Å². The van der Waals surface area contributed by atoms with E-state index in [1.165, 1.54) is 6.92 Å². The molecule has 25 heavy (non-hydrogen) atoms. The molecule has 0 radical (unpaired) electrons. The van der Waals surface area contributed by atoms with Crippen LogP contribution in [-0.4, -0.2) is 62.0 Å². The van der Waals surface area contributed by atoms with Gasteiger partial charge in [-0.25, -0.2) is 8.42 Å². The standard InChI is InChI=1S/C17H25N3O4S/c1-13-4-6-16(7-5-13)18-25(23,24)12-14(2)17(22)20-10-8-19(9-11-20)15(3)21/h4-7,14,18H,8-12H2,1-3H3. The summed E-state index contributed by atoms with van der Waals surface area (Å²) in [5, 5.41) is 0. The first kappa shape index (κ1) is 19.2. The lowest BCUT2D eigenvalue weighted by atomic mass is 10.1. The molecular formula is C17H25N3O4S. The van der Waals surface area contributed by atoms with E-state index < -0.39 is 15.9 Å². The van der Waals surface area contributed by atoms with Crippen LogP contribution in [0.15, 0.2) is 24.3 Å². The van der Waals surface area contributed by atoms with E-state index in [-0.39, 0.29) is 17.6 Å². The molecule has 2 rings (SSSR count). The summed E-state index contributed by atoms with van der Waals surface area (Å²) in [5.41, 5.74) is 1.52. The number of piperazine rings is 1. The number of benzene rings is 1. The topological polar surface area (TPSA) is 86.8 Å². The van der Waals surface area contributed by atoms with E-state index in [4.69, 9.17) is 0 Å². The Hall–Kier alpha value is -2.09. The van der Waals surface area contributed by atoms with Gasteiger partial charge in [-0.15, -0.1) is 0 Å². The van der Waals surface area contributed by atoms with Gasteiger partial charge in [0.05, 0.1) is 11.7 Å². The van der Waals surface area contributed by atoms with Crippen molar-refractivity contribution >= 4 is 27.5 Å². The van der Waals surface area contributed by atoms with Gasteiger partial charge in [-0.1, -0.05) is 24.6 Å². The zero-order valence-electron chi connectivity index (χ0n) is 14.9. The molecule has 0 aliphatic carbocycles. The fourth-order valence-electron chi connectivity index (χ4n) is 2.80. The Labute approximate surface area is 149 Å². The van der Waals surface area contributed by atoms with Gasteiger partial charge in [0.25, 0.3) is 0 Å². The van der Waals surface area contributed by atoms with Crippen LogP contribution in [0.3, 0.4) is 0 Å². The van der Waals surface area contributed by atoms with Crippen molar-refractivity contribution in [1.29, 1.82) is 0 Å². The van der Waals surface area contributed by atoms with Gasteiger partial charge in [0.15, 0.2) is 0 Å². The van der Waals surface area contributed by atoms with Crippen LogP contribution in [0.1, 0.15) is 19.4 Å². The maximum Gasteiger partial charge on any atom is 0.233 e. The highest BCUT2D eigenvalue weighted by Gasteiger charge is 2.28. The number of carbonyl (C=O) groups is 2. The van der Waals surface area contributed by atoms with E-state index in [0.717, 1.165) is 5.56 Å². The molecule has 1 aromatic carbocycles. The number of hydrogen-bond donors (Lipinski definition) is 1. The monoisotopic (exact) mass is 367 g/mol. The summed E-state index contributed by atoms with van der Waals surface area (Å²) in [6.07, 6.45) is 0. The first-order valence-corrected chi connectivity index (χ1v) is 9.94. The van der Waals surface area contributed by atoms with Crippen molar-refractivity contribution < 1.29 is 18.0 Å². The van der Waals surface area contributed by atoms with Gasteiger partial charge in [0, 0.05) is 38.8 Å². The van der Waals surface area contributed by atoms with Crippen molar-refractivity contribution in [3.8, 4) is 0 Å². The largest absolute Gasteiger partial charge is 0.339 e. The number of carbonyl (C=O) groups excluding carboxylic acids is 2. The highest BCUT2D eigenvalue weighted by molar-refractivity contribution is 7.92. The van der Waals surface area contributed by atoms with E-state index in [1.807, 2.05) is 19.1 Å². The SMILES string of the molecule is CC(=O)N1CCN(C(=O)C(C)CS(=O)(=O)Nc2ccc(C)cc2)CC1. The fraction of sp³-hybridized carbons (Fsp3) is 0.529. The number of sulfonamides is 1. The molecule has 1 atom stereocenters. The molecule has 7 nitrogen and oxygen atoms in total. The second-order valence-corrected chi connectivity index (χ2v) is 8.25. The Balaban J connectivity index is 1.91. The zero-order valence-corrected chi connectivity index (χ0v) is 15.7. The molecule has 1 N–H and O–H groups in total. The number of hydrogen-bond acceptors (Lipinski definition) is 4. The third kappa shape index (κ3) is 5.45. The van der Waals surface area contributed by atoms with Crippen LogP contribution in [0.25, 0.3) is 0 Å². The van der Waals surface area contributed by atoms with Crippen molar-refractivity contribution in [2.45, 2.75) is 20.8 Å². The molecule has 0 saturated carbocycles. The predicted octanol–water partition coefficient (Wildman–Crippen LogP) is 1.06. The molecule has 1 aliphatic rings. The van der Waals surface area contributed by atoms with Crippen LogP contribution in [0.5, 0.6) is 0 Å². The summed E-state index contributed by atoms with van der Waals surface area (Å²) >= 11 is 0. The molecule has 1 aromatic rings. The van der Waals surface area contributed by atoms with Crippen LogP contribution < -0.4 is 4.72 Å². The van der Waals surface area contributed by atoms with Gasteiger partial charge in [-0.05, 0) is 19.1 Å². The van der Waals surface area contributed by atoms with Crippen LogP contribution in [0, 0.1) is 12.8 Å². The Morgan fingerprint density at radius 3 is 2.12 bits per heavy atom. The Morgan fingerprint density at radius 1 is 1.08 bits per heavy atom. The highest BCUT2D eigenvalue weighted by atomic mass is 32.2. The van der Waals surface area contributed by atoms with Crippen molar-refractivity contribution in [3.05, 3.63) is 29.8 Å². The van der Waals surface area contributed by atoms with Crippen molar-refractivity contribution in [3.63, 3.8) is 0 Å². The molecule has 1 unspecified atom stereocenters. The predicted molar refractivity (Wildman–Crippen MR) is 96.6 cm³/mol. The van der Waals surface area contributed by atoms with Gasteiger partial charge in [0.2, 0.25) is 21.8 Å². The average Bonchev–Trinajstić information content (AvgIpc) is 2.55. The third-order valence-corrected chi connectivity index (χ3v) is 5.74. The Bertz CT molecular complexity index is 723.